The van der Waals surface area contributed by atoms with Crippen LogP contribution in [0.1, 0.15) is 12.0 Å². The Morgan fingerprint density at radius 2 is 1.64 bits per heavy atom. The highest BCUT2D eigenvalue weighted by Gasteiger charge is 2.18. The first-order valence-electron chi connectivity index (χ1n) is 9.10. The first kappa shape index (κ1) is 17.8. The zero-order valence-corrected chi connectivity index (χ0v) is 15.0. The van der Waals surface area contributed by atoms with Gasteiger partial charge in [0.15, 0.2) is 0 Å². The summed E-state index contributed by atoms with van der Waals surface area (Å²) in [6, 6.07) is 18.4. The molecule has 1 aliphatic heterocycles. The Bertz CT molecular complexity index is 622. The number of aliphatic hydroxyl groups excluding tert-OH is 1. The summed E-state index contributed by atoms with van der Waals surface area (Å²) in [5.41, 5.74) is 2.61. The molecular formula is C21H28N2O2. The van der Waals surface area contributed by atoms with Gasteiger partial charge < -0.3 is 14.7 Å². The van der Waals surface area contributed by atoms with E-state index in [1.165, 1.54) is 11.3 Å². The Hall–Kier alpha value is -2.04. The predicted molar refractivity (Wildman–Crippen MR) is 102 cm³/mol. The van der Waals surface area contributed by atoms with Crippen LogP contribution in [0.5, 0.6) is 5.75 Å². The van der Waals surface area contributed by atoms with Crippen LogP contribution in [-0.2, 0) is 0 Å². The van der Waals surface area contributed by atoms with Crippen molar-refractivity contribution in [3.63, 3.8) is 0 Å². The van der Waals surface area contributed by atoms with Crippen LogP contribution >= 0.6 is 0 Å². The van der Waals surface area contributed by atoms with Crippen LogP contribution in [0.3, 0.4) is 0 Å². The molecule has 1 N–H and O–H groups in total. The summed E-state index contributed by atoms with van der Waals surface area (Å²) in [7, 11) is 0. The molecule has 0 spiro atoms. The first-order chi connectivity index (χ1) is 12.2. The highest BCUT2D eigenvalue weighted by molar-refractivity contribution is 5.47. The molecule has 1 aliphatic rings. The maximum absolute atomic E-state index is 10.1. The summed E-state index contributed by atoms with van der Waals surface area (Å²) in [6.07, 6.45) is 0.326. The maximum atomic E-state index is 10.1. The topological polar surface area (TPSA) is 35.9 Å². The molecule has 4 heteroatoms. The van der Waals surface area contributed by atoms with Crippen molar-refractivity contribution in [3.05, 3.63) is 60.2 Å². The van der Waals surface area contributed by atoms with E-state index in [9.17, 15) is 5.11 Å². The van der Waals surface area contributed by atoms with E-state index in [4.69, 9.17) is 4.74 Å². The largest absolute Gasteiger partial charge is 0.491 e. The number of aryl methyl sites for hydroxylation is 1. The second-order valence-electron chi connectivity index (χ2n) is 6.73. The minimum atomic E-state index is -0.421. The second-order valence-corrected chi connectivity index (χ2v) is 6.73. The van der Waals surface area contributed by atoms with E-state index in [2.05, 4.69) is 41.0 Å². The molecule has 2 aromatic carbocycles. The lowest BCUT2D eigenvalue weighted by Gasteiger charge is -2.36. The van der Waals surface area contributed by atoms with Crippen LogP contribution in [0.2, 0.25) is 0 Å². The van der Waals surface area contributed by atoms with E-state index >= 15 is 0 Å². The van der Waals surface area contributed by atoms with E-state index in [1.54, 1.807) is 0 Å². The van der Waals surface area contributed by atoms with Gasteiger partial charge in [-0.05, 0) is 37.6 Å². The second kappa shape index (κ2) is 8.88. The van der Waals surface area contributed by atoms with Gasteiger partial charge in [0.25, 0.3) is 0 Å². The molecule has 1 fully saturated rings. The Labute approximate surface area is 150 Å². The highest BCUT2D eigenvalue weighted by Crippen LogP contribution is 2.17. The van der Waals surface area contributed by atoms with E-state index in [0.29, 0.717) is 6.61 Å². The molecule has 25 heavy (non-hydrogen) atoms. The van der Waals surface area contributed by atoms with Crippen molar-refractivity contribution in [1.82, 2.24) is 4.90 Å². The minimum absolute atomic E-state index is 0.355. The standard InChI is InChI=1S/C21H28N2O2/c1-18-7-9-19(10-8-18)23-15-13-22(14-16-23)12-11-20(24)17-25-21-5-3-2-4-6-21/h2-10,20,24H,11-17H2,1H3. The van der Waals surface area contributed by atoms with Gasteiger partial charge >= 0.3 is 0 Å². The van der Waals surface area contributed by atoms with Gasteiger partial charge in [0, 0.05) is 38.4 Å². The van der Waals surface area contributed by atoms with Crippen LogP contribution in [0.25, 0.3) is 0 Å². The number of rotatable bonds is 7. The van der Waals surface area contributed by atoms with Gasteiger partial charge in [-0.2, -0.15) is 0 Å². The number of hydrogen-bond donors (Lipinski definition) is 1. The minimum Gasteiger partial charge on any atom is -0.491 e. The predicted octanol–water partition coefficient (Wildman–Crippen LogP) is 2.95. The normalized spacial score (nSPS) is 16.6. The third kappa shape index (κ3) is 5.48. The van der Waals surface area contributed by atoms with Gasteiger partial charge in [-0.25, -0.2) is 0 Å². The van der Waals surface area contributed by atoms with Crippen molar-refractivity contribution < 1.29 is 9.84 Å². The maximum Gasteiger partial charge on any atom is 0.119 e. The summed E-state index contributed by atoms with van der Waals surface area (Å²) >= 11 is 0. The molecule has 0 bridgehead atoms. The zero-order valence-electron chi connectivity index (χ0n) is 15.0. The number of aliphatic hydroxyl groups is 1. The first-order valence-corrected chi connectivity index (χ1v) is 9.10. The van der Waals surface area contributed by atoms with Gasteiger partial charge in [-0.15, -0.1) is 0 Å². The molecule has 134 valence electrons. The fourth-order valence-corrected chi connectivity index (χ4v) is 3.11. The van der Waals surface area contributed by atoms with Crippen molar-refractivity contribution in [3.8, 4) is 5.75 Å². The quantitative estimate of drug-likeness (QED) is 0.841. The van der Waals surface area contributed by atoms with Crippen LogP contribution in [0.15, 0.2) is 54.6 Å². The fraction of sp³-hybridized carbons (Fsp3) is 0.429. The van der Waals surface area contributed by atoms with Crippen molar-refractivity contribution in [2.24, 2.45) is 0 Å². The van der Waals surface area contributed by atoms with Crippen LogP contribution in [0.4, 0.5) is 5.69 Å². The molecule has 0 radical (unpaired) electrons. The summed E-state index contributed by atoms with van der Waals surface area (Å²) < 4.78 is 5.62. The van der Waals surface area contributed by atoms with E-state index < -0.39 is 6.10 Å². The van der Waals surface area contributed by atoms with E-state index in [1.807, 2.05) is 30.3 Å². The van der Waals surface area contributed by atoms with Gasteiger partial charge in [0.2, 0.25) is 0 Å². The molecule has 3 rings (SSSR count). The van der Waals surface area contributed by atoms with Crippen molar-refractivity contribution in [2.75, 3.05) is 44.2 Å². The third-order valence-electron chi connectivity index (χ3n) is 4.74. The number of para-hydroxylation sites is 1. The lowest BCUT2D eigenvalue weighted by atomic mass is 10.2. The molecule has 0 aromatic heterocycles. The smallest absolute Gasteiger partial charge is 0.119 e. The fourth-order valence-electron chi connectivity index (χ4n) is 3.11. The van der Waals surface area contributed by atoms with Crippen molar-refractivity contribution in [1.29, 1.82) is 0 Å². The Morgan fingerprint density at radius 1 is 0.960 bits per heavy atom. The molecule has 1 saturated heterocycles. The van der Waals surface area contributed by atoms with Crippen LogP contribution in [-0.4, -0.2) is 55.4 Å². The summed E-state index contributed by atoms with van der Waals surface area (Å²) in [4.78, 5) is 4.86. The molecule has 4 nitrogen and oxygen atoms in total. The summed E-state index contributed by atoms with van der Waals surface area (Å²) in [5, 5.41) is 10.1. The molecule has 2 aromatic rings. The van der Waals surface area contributed by atoms with Crippen molar-refractivity contribution in [2.45, 2.75) is 19.4 Å². The Morgan fingerprint density at radius 3 is 2.32 bits per heavy atom. The summed E-state index contributed by atoms with van der Waals surface area (Å²) in [5.74, 6) is 0.813. The number of nitrogens with zero attached hydrogens (tertiary/aromatic N) is 2. The molecule has 0 amide bonds. The lowest BCUT2D eigenvalue weighted by Crippen LogP contribution is -2.47. The molecular weight excluding hydrogens is 312 g/mol. The third-order valence-corrected chi connectivity index (χ3v) is 4.74. The molecule has 0 aliphatic carbocycles. The van der Waals surface area contributed by atoms with Gasteiger partial charge in [0.05, 0.1) is 6.10 Å². The zero-order chi connectivity index (χ0) is 17.5. The molecule has 0 saturated carbocycles. The average molecular weight is 340 g/mol. The molecule has 1 unspecified atom stereocenters. The van der Waals surface area contributed by atoms with Gasteiger partial charge in [0.1, 0.15) is 12.4 Å². The average Bonchev–Trinajstić information content (AvgIpc) is 2.67. The van der Waals surface area contributed by atoms with Gasteiger partial charge in [-0.3, -0.25) is 4.90 Å². The molecule has 1 atom stereocenters. The molecule has 1 heterocycles. The number of piperazine rings is 1. The van der Waals surface area contributed by atoms with E-state index in [-0.39, 0.29) is 0 Å². The number of ether oxygens (including phenoxy) is 1. The number of hydrogen-bond acceptors (Lipinski definition) is 4. The van der Waals surface area contributed by atoms with Crippen molar-refractivity contribution >= 4 is 5.69 Å². The monoisotopic (exact) mass is 340 g/mol. The van der Waals surface area contributed by atoms with E-state index in [0.717, 1.165) is 44.9 Å². The van der Waals surface area contributed by atoms with Gasteiger partial charge in [-0.1, -0.05) is 35.9 Å². The Balaban J connectivity index is 1.35. The highest BCUT2D eigenvalue weighted by atomic mass is 16.5. The number of anilines is 1. The Kier molecular flexibility index (Phi) is 6.31. The van der Waals surface area contributed by atoms with Crippen LogP contribution < -0.4 is 9.64 Å². The SMILES string of the molecule is Cc1ccc(N2CCN(CCC(O)COc3ccccc3)CC2)cc1. The number of benzene rings is 2. The van der Waals surface area contributed by atoms with Crippen LogP contribution in [0, 0.1) is 6.92 Å². The lowest BCUT2D eigenvalue weighted by molar-refractivity contribution is 0.0866. The summed E-state index contributed by atoms with van der Waals surface area (Å²) in [6.45, 7) is 7.56.